The summed E-state index contributed by atoms with van der Waals surface area (Å²) in [6, 6.07) is 7.15. The molecule has 1 rings (SSSR count). The summed E-state index contributed by atoms with van der Waals surface area (Å²) in [7, 11) is 5.32. The van der Waals surface area contributed by atoms with Crippen molar-refractivity contribution in [3.8, 4) is 11.5 Å². The van der Waals surface area contributed by atoms with E-state index in [1.807, 2.05) is 21.0 Å². The Morgan fingerprint density at radius 1 is 1.04 bits per heavy atom. The van der Waals surface area contributed by atoms with Gasteiger partial charge in [0.15, 0.2) is 6.61 Å². The fraction of sp³-hybridized carbons (Fsp3) is 0.600. The SMILES string of the molecule is CCOc1ccc(OCC(=O)N(CCCN(C)C)CC(C)C(=O)OC)cc1. The van der Waals surface area contributed by atoms with E-state index in [1.165, 1.54) is 7.11 Å². The van der Waals surface area contributed by atoms with E-state index in [0.29, 0.717) is 25.4 Å². The predicted molar refractivity (Wildman–Crippen MR) is 104 cm³/mol. The molecule has 0 aliphatic heterocycles. The molecule has 1 aromatic carbocycles. The molecule has 1 aromatic rings. The van der Waals surface area contributed by atoms with E-state index < -0.39 is 0 Å². The van der Waals surface area contributed by atoms with Gasteiger partial charge >= 0.3 is 5.97 Å². The largest absolute Gasteiger partial charge is 0.494 e. The average molecular weight is 380 g/mol. The van der Waals surface area contributed by atoms with Gasteiger partial charge in [-0.3, -0.25) is 9.59 Å². The van der Waals surface area contributed by atoms with Crippen LogP contribution in [0, 0.1) is 5.92 Å². The molecular weight excluding hydrogens is 348 g/mol. The van der Waals surface area contributed by atoms with Crippen molar-refractivity contribution in [3.63, 3.8) is 0 Å². The monoisotopic (exact) mass is 380 g/mol. The molecule has 0 aliphatic rings. The van der Waals surface area contributed by atoms with Gasteiger partial charge in [0, 0.05) is 13.1 Å². The second kappa shape index (κ2) is 12.2. The van der Waals surface area contributed by atoms with E-state index >= 15 is 0 Å². The van der Waals surface area contributed by atoms with E-state index in [1.54, 1.807) is 36.1 Å². The summed E-state index contributed by atoms with van der Waals surface area (Å²) in [5, 5.41) is 0. The summed E-state index contributed by atoms with van der Waals surface area (Å²) in [6.07, 6.45) is 0.815. The minimum Gasteiger partial charge on any atom is -0.494 e. The van der Waals surface area contributed by atoms with Crippen LogP contribution < -0.4 is 9.47 Å². The van der Waals surface area contributed by atoms with Gasteiger partial charge in [0.25, 0.3) is 5.91 Å². The number of carbonyl (C=O) groups is 2. The molecule has 7 nitrogen and oxygen atoms in total. The van der Waals surface area contributed by atoms with Crippen LogP contribution in [-0.4, -0.2) is 75.7 Å². The van der Waals surface area contributed by atoms with Crippen molar-refractivity contribution < 1.29 is 23.8 Å². The lowest BCUT2D eigenvalue weighted by molar-refractivity contribution is -0.146. The molecule has 0 heterocycles. The highest BCUT2D eigenvalue weighted by Crippen LogP contribution is 2.17. The second-order valence-electron chi connectivity index (χ2n) is 6.61. The van der Waals surface area contributed by atoms with Crippen LogP contribution in [0.3, 0.4) is 0 Å². The standard InChI is InChI=1S/C20H32N2O5/c1-6-26-17-8-10-18(11-9-17)27-15-19(23)22(13-7-12-21(3)4)14-16(2)20(24)25-5/h8-11,16H,6-7,12-15H2,1-5H3. The van der Waals surface area contributed by atoms with Gasteiger partial charge in [-0.15, -0.1) is 0 Å². The third kappa shape index (κ3) is 8.77. The van der Waals surface area contributed by atoms with Crippen molar-refractivity contribution in [2.24, 2.45) is 5.92 Å². The molecule has 0 aliphatic carbocycles. The number of hydrogen-bond acceptors (Lipinski definition) is 6. The van der Waals surface area contributed by atoms with E-state index in [0.717, 1.165) is 18.7 Å². The number of esters is 1. The summed E-state index contributed by atoms with van der Waals surface area (Å²) in [4.78, 5) is 28.0. The number of rotatable bonds is 12. The van der Waals surface area contributed by atoms with Gasteiger partial charge in [-0.05, 0) is 58.3 Å². The average Bonchev–Trinajstić information content (AvgIpc) is 2.65. The van der Waals surface area contributed by atoms with Gasteiger partial charge in [-0.1, -0.05) is 6.92 Å². The second-order valence-corrected chi connectivity index (χ2v) is 6.61. The molecule has 0 saturated carbocycles. The summed E-state index contributed by atoms with van der Waals surface area (Å²) < 4.78 is 15.8. The first-order valence-corrected chi connectivity index (χ1v) is 9.23. The zero-order valence-electron chi connectivity index (χ0n) is 17.1. The van der Waals surface area contributed by atoms with Gasteiger partial charge in [-0.25, -0.2) is 0 Å². The third-order valence-corrected chi connectivity index (χ3v) is 3.98. The third-order valence-electron chi connectivity index (χ3n) is 3.98. The fourth-order valence-electron chi connectivity index (χ4n) is 2.54. The lowest BCUT2D eigenvalue weighted by Gasteiger charge is -2.25. The zero-order valence-corrected chi connectivity index (χ0v) is 17.1. The molecule has 1 amide bonds. The van der Waals surface area contributed by atoms with Crippen molar-refractivity contribution >= 4 is 11.9 Å². The maximum atomic E-state index is 12.6. The smallest absolute Gasteiger partial charge is 0.310 e. The Morgan fingerprint density at radius 2 is 1.63 bits per heavy atom. The van der Waals surface area contributed by atoms with Crippen LogP contribution in [0.25, 0.3) is 0 Å². The maximum Gasteiger partial charge on any atom is 0.310 e. The van der Waals surface area contributed by atoms with Crippen LogP contribution in [0.1, 0.15) is 20.3 Å². The summed E-state index contributed by atoms with van der Waals surface area (Å²) in [5.74, 6) is 0.490. The minimum atomic E-state index is -0.385. The predicted octanol–water partition coefficient (Wildman–Crippen LogP) is 2.05. The van der Waals surface area contributed by atoms with Gasteiger partial charge in [0.05, 0.1) is 19.6 Å². The molecule has 0 bridgehead atoms. The Morgan fingerprint density at radius 3 is 2.15 bits per heavy atom. The van der Waals surface area contributed by atoms with Crippen LogP contribution in [0.5, 0.6) is 11.5 Å². The van der Waals surface area contributed by atoms with Gasteiger partial charge in [0.2, 0.25) is 0 Å². The first-order valence-electron chi connectivity index (χ1n) is 9.23. The van der Waals surface area contributed by atoms with Crippen LogP contribution in [-0.2, 0) is 14.3 Å². The Kier molecular flexibility index (Phi) is 10.3. The molecule has 7 heteroatoms. The molecule has 27 heavy (non-hydrogen) atoms. The van der Waals surface area contributed by atoms with Crippen molar-refractivity contribution in [1.82, 2.24) is 9.80 Å². The molecular formula is C20H32N2O5. The summed E-state index contributed by atoms with van der Waals surface area (Å²) in [5.41, 5.74) is 0. The Labute approximate surface area is 162 Å². The first kappa shape index (κ1) is 22.8. The number of ether oxygens (including phenoxy) is 3. The highest BCUT2D eigenvalue weighted by Gasteiger charge is 2.21. The molecule has 0 aromatic heterocycles. The molecule has 1 atom stereocenters. The van der Waals surface area contributed by atoms with Crippen molar-refractivity contribution in [2.75, 3.05) is 54.1 Å². The highest BCUT2D eigenvalue weighted by molar-refractivity contribution is 5.79. The van der Waals surface area contributed by atoms with Gasteiger partial charge in [-0.2, -0.15) is 0 Å². The number of carbonyl (C=O) groups excluding carboxylic acids is 2. The van der Waals surface area contributed by atoms with Crippen LogP contribution in [0.4, 0.5) is 0 Å². The summed E-state index contributed by atoms with van der Waals surface area (Å²) >= 11 is 0. The molecule has 0 N–H and O–H groups in total. The first-order chi connectivity index (χ1) is 12.9. The Balaban J connectivity index is 2.63. The van der Waals surface area contributed by atoms with Gasteiger partial charge < -0.3 is 24.0 Å². The van der Waals surface area contributed by atoms with Crippen LogP contribution >= 0.6 is 0 Å². The topological polar surface area (TPSA) is 68.3 Å². The Hall–Kier alpha value is -2.28. The lowest BCUT2D eigenvalue weighted by atomic mass is 10.1. The quantitative estimate of drug-likeness (QED) is 0.517. The van der Waals surface area contributed by atoms with E-state index in [9.17, 15) is 9.59 Å². The highest BCUT2D eigenvalue weighted by atomic mass is 16.5. The van der Waals surface area contributed by atoms with Crippen molar-refractivity contribution in [2.45, 2.75) is 20.3 Å². The molecule has 152 valence electrons. The molecule has 0 saturated heterocycles. The Bertz CT molecular complexity index is 574. The van der Waals surface area contributed by atoms with E-state index in [4.69, 9.17) is 14.2 Å². The number of amides is 1. The van der Waals surface area contributed by atoms with E-state index in [-0.39, 0.29) is 24.4 Å². The number of hydrogen-bond donors (Lipinski definition) is 0. The fourth-order valence-corrected chi connectivity index (χ4v) is 2.54. The number of benzene rings is 1. The van der Waals surface area contributed by atoms with Crippen molar-refractivity contribution in [3.05, 3.63) is 24.3 Å². The molecule has 0 radical (unpaired) electrons. The van der Waals surface area contributed by atoms with Crippen LogP contribution in [0.2, 0.25) is 0 Å². The lowest BCUT2D eigenvalue weighted by Crippen LogP contribution is -2.41. The van der Waals surface area contributed by atoms with E-state index in [2.05, 4.69) is 4.90 Å². The summed E-state index contributed by atoms with van der Waals surface area (Å²) in [6.45, 7) is 5.92. The van der Waals surface area contributed by atoms with Crippen molar-refractivity contribution in [1.29, 1.82) is 0 Å². The molecule has 0 spiro atoms. The maximum absolute atomic E-state index is 12.6. The molecule has 0 fully saturated rings. The van der Waals surface area contributed by atoms with Crippen LogP contribution in [0.15, 0.2) is 24.3 Å². The minimum absolute atomic E-state index is 0.0795. The normalized spacial score (nSPS) is 11.8. The van der Waals surface area contributed by atoms with Gasteiger partial charge in [0.1, 0.15) is 11.5 Å². The number of methoxy groups -OCH3 is 1. The number of nitrogens with zero attached hydrogens (tertiary/aromatic N) is 2. The molecule has 1 unspecified atom stereocenters. The zero-order chi connectivity index (χ0) is 20.2.